The van der Waals surface area contributed by atoms with E-state index in [4.69, 9.17) is 10.3 Å². The Kier molecular flexibility index (Phi) is 4.04. The van der Waals surface area contributed by atoms with Gasteiger partial charge in [-0.1, -0.05) is 5.16 Å². The molecular weight excluding hydrogens is 282 g/mol. The zero-order chi connectivity index (χ0) is 15.5. The molecule has 0 aromatic carbocycles. The van der Waals surface area contributed by atoms with Crippen LogP contribution >= 0.6 is 0 Å². The van der Waals surface area contributed by atoms with Crippen molar-refractivity contribution >= 4 is 11.7 Å². The Hall–Kier alpha value is -2.44. The summed E-state index contributed by atoms with van der Waals surface area (Å²) in [6, 6.07) is 3.77. The fourth-order valence-corrected chi connectivity index (χ4v) is 2.93. The van der Waals surface area contributed by atoms with Gasteiger partial charge in [0.05, 0.1) is 5.56 Å². The van der Waals surface area contributed by atoms with Gasteiger partial charge in [0.25, 0.3) is 5.89 Å². The molecule has 7 nitrogen and oxygen atoms in total. The van der Waals surface area contributed by atoms with Gasteiger partial charge in [-0.3, -0.25) is 4.79 Å². The number of pyridine rings is 1. The van der Waals surface area contributed by atoms with E-state index in [0.717, 1.165) is 37.3 Å². The number of nitrogens with zero attached hydrogens (tertiary/aromatic N) is 4. The van der Waals surface area contributed by atoms with Crippen molar-refractivity contribution in [2.75, 3.05) is 18.0 Å². The minimum absolute atomic E-state index is 0.249. The number of carbonyl (C=O) groups excluding carboxylic acids is 1. The van der Waals surface area contributed by atoms with Gasteiger partial charge in [-0.05, 0) is 37.8 Å². The number of amides is 1. The number of primary amides is 1. The SMILES string of the molecule is Cc1noc(-c2cccnc2N2CCCC(CC(N)=O)C2)n1. The maximum atomic E-state index is 11.2. The van der Waals surface area contributed by atoms with E-state index >= 15 is 0 Å². The molecule has 22 heavy (non-hydrogen) atoms. The minimum Gasteiger partial charge on any atom is -0.370 e. The number of nitrogens with two attached hydrogens (primary N) is 1. The van der Waals surface area contributed by atoms with Crippen molar-refractivity contribution in [3.63, 3.8) is 0 Å². The van der Waals surface area contributed by atoms with Gasteiger partial charge < -0.3 is 15.2 Å². The summed E-state index contributed by atoms with van der Waals surface area (Å²) in [5.41, 5.74) is 6.15. The van der Waals surface area contributed by atoms with Gasteiger partial charge in [-0.2, -0.15) is 4.98 Å². The lowest BCUT2D eigenvalue weighted by molar-refractivity contribution is -0.118. The Balaban J connectivity index is 1.86. The lowest BCUT2D eigenvalue weighted by Crippen LogP contribution is -2.37. The van der Waals surface area contributed by atoms with Crippen LogP contribution in [0.4, 0.5) is 5.82 Å². The second-order valence-corrected chi connectivity index (χ2v) is 5.65. The molecule has 0 spiro atoms. The maximum absolute atomic E-state index is 11.2. The van der Waals surface area contributed by atoms with Gasteiger partial charge in [0.1, 0.15) is 5.82 Å². The molecule has 3 rings (SSSR count). The first kappa shape index (κ1) is 14.5. The molecule has 116 valence electrons. The van der Waals surface area contributed by atoms with E-state index in [1.807, 2.05) is 12.1 Å². The average molecular weight is 301 g/mol. The predicted octanol–water partition coefficient (Wildman–Crippen LogP) is 1.53. The number of aromatic nitrogens is 3. The lowest BCUT2D eigenvalue weighted by Gasteiger charge is -2.33. The third kappa shape index (κ3) is 3.08. The van der Waals surface area contributed by atoms with Gasteiger partial charge in [0.15, 0.2) is 5.82 Å². The molecular formula is C15H19N5O2. The molecule has 0 saturated carbocycles. The van der Waals surface area contributed by atoms with Gasteiger partial charge >= 0.3 is 0 Å². The third-order valence-corrected chi connectivity index (χ3v) is 3.85. The van der Waals surface area contributed by atoms with Crippen LogP contribution in [-0.2, 0) is 4.79 Å². The highest BCUT2D eigenvalue weighted by atomic mass is 16.5. The fourth-order valence-electron chi connectivity index (χ4n) is 2.93. The van der Waals surface area contributed by atoms with E-state index in [2.05, 4.69) is 20.0 Å². The monoisotopic (exact) mass is 301 g/mol. The van der Waals surface area contributed by atoms with E-state index in [9.17, 15) is 4.79 Å². The van der Waals surface area contributed by atoms with E-state index < -0.39 is 0 Å². The van der Waals surface area contributed by atoms with Gasteiger partial charge in [-0.15, -0.1) is 0 Å². The summed E-state index contributed by atoms with van der Waals surface area (Å²) in [5.74, 6) is 1.90. The Morgan fingerprint density at radius 1 is 1.55 bits per heavy atom. The summed E-state index contributed by atoms with van der Waals surface area (Å²) in [7, 11) is 0. The Morgan fingerprint density at radius 2 is 2.41 bits per heavy atom. The van der Waals surface area contributed by atoms with Crippen LogP contribution in [0.2, 0.25) is 0 Å². The summed E-state index contributed by atoms with van der Waals surface area (Å²) >= 11 is 0. The highest BCUT2D eigenvalue weighted by Crippen LogP contribution is 2.31. The Labute approximate surface area is 128 Å². The summed E-state index contributed by atoms with van der Waals surface area (Å²) in [4.78, 5) is 22.1. The lowest BCUT2D eigenvalue weighted by atomic mass is 9.94. The highest BCUT2D eigenvalue weighted by Gasteiger charge is 2.25. The van der Waals surface area contributed by atoms with Crippen LogP contribution in [-0.4, -0.2) is 34.1 Å². The van der Waals surface area contributed by atoms with Crippen molar-refractivity contribution in [2.24, 2.45) is 11.7 Å². The number of piperidine rings is 1. The normalized spacial score (nSPS) is 18.4. The van der Waals surface area contributed by atoms with E-state index in [1.165, 1.54) is 0 Å². The van der Waals surface area contributed by atoms with Crippen molar-refractivity contribution < 1.29 is 9.32 Å². The molecule has 0 bridgehead atoms. The molecule has 3 heterocycles. The van der Waals surface area contributed by atoms with Crippen molar-refractivity contribution in [3.8, 4) is 11.5 Å². The van der Waals surface area contributed by atoms with E-state index in [-0.39, 0.29) is 11.8 Å². The van der Waals surface area contributed by atoms with Crippen LogP contribution in [0.1, 0.15) is 25.1 Å². The summed E-state index contributed by atoms with van der Waals surface area (Å²) < 4.78 is 5.27. The van der Waals surface area contributed by atoms with Crippen LogP contribution in [0.3, 0.4) is 0 Å². The molecule has 1 saturated heterocycles. The maximum Gasteiger partial charge on any atom is 0.261 e. The van der Waals surface area contributed by atoms with E-state index in [0.29, 0.717) is 18.1 Å². The van der Waals surface area contributed by atoms with Crippen LogP contribution in [0.25, 0.3) is 11.5 Å². The first-order valence-electron chi connectivity index (χ1n) is 7.42. The number of carbonyl (C=O) groups is 1. The molecule has 1 atom stereocenters. The third-order valence-electron chi connectivity index (χ3n) is 3.85. The fraction of sp³-hybridized carbons (Fsp3) is 0.467. The number of aryl methyl sites for hydroxylation is 1. The largest absolute Gasteiger partial charge is 0.370 e. The summed E-state index contributed by atoms with van der Waals surface area (Å²) in [5, 5.41) is 3.84. The molecule has 0 aliphatic carbocycles. The molecule has 1 aliphatic heterocycles. The average Bonchev–Trinajstić information content (AvgIpc) is 2.93. The topological polar surface area (TPSA) is 98.1 Å². The van der Waals surface area contributed by atoms with Gasteiger partial charge in [0, 0.05) is 25.7 Å². The smallest absolute Gasteiger partial charge is 0.261 e. The van der Waals surface area contributed by atoms with Crippen LogP contribution in [0.5, 0.6) is 0 Å². The molecule has 2 N–H and O–H groups in total. The van der Waals surface area contributed by atoms with Crippen molar-refractivity contribution in [1.29, 1.82) is 0 Å². The molecule has 2 aromatic heterocycles. The molecule has 1 aliphatic rings. The first-order valence-corrected chi connectivity index (χ1v) is 7.42. The van der Waals surface area contributed by atoms with Crippen molar-refractivity contribution in [2.45, 2.75) is 26.2 Å². The van der Waals surface area contributed by atoms with Gasteiger partial charge in [0.2, 0.25) is 5.91 Å². The minimum atomic E-state index is -0.249. The molecule has 1 amide bonds. The predicted molar refractivity (Wildman–Crippen MR) is 81.0 cm³/mol. The van der Waals surface area contributed by atoms with Crippen LogP contribution < -0.4 is 10.6 Å². The molecule has 1 fully saturated rings. The number of hydrogen-bond donors (Lipinski definition) is 1. The number of hydrogen-bond acceptors (Lipinski definition) is 6. The Bertz CT molecular complexity index is 669. The van der Waals surface area contributed by atoms with Crippen molar-refractivity contribution in [3.05, 3.63) is 24.2 Å². The van der Waals surface area contributed by atoms with Gasteiger partial charge in [-0.25, -0.2) is 4.98 Å². The van der Waals surface area contributed by atoms with Crippen LogP contribution in [0.15, 0.2) is 22.9 Å². The Morgan fingerprint density at radius 3 is 3.14 bits per heavy atom. The second-order valence-electron chi connectivity index (χ2n) is 5.65. The van der Waals surface area contributed by atoms with Crippen molar-refractivity contribution in [1.82, 2.24) is 15.1 Å². The van der Waals surface area contributed by atoms with E-state index in [1.54, 1.807) is 13.1 Å². The molecule has 0 radical (unpaired) electrons. The molecule has 1 unspecified atom stereocenters. The molecule has 7 heteroatoms. The quantitative estimate of drug-likeness (QED) is 0.919. The second kappa shape index (κ2) is 6.13. The number of rotatable bonds is 4. The van der Waals surface area contributed by atoms with Crippen LogP contribution in [0, 0.1) is 12.8 Å². The zero-order valence-corrected chi connectivity index (χ0v) is 12.5. The summed E-state index contributed by atoms with van der Waals surface area (Å²) in [6.45, 7) is 3.44. The summed E-state index contributed by atoms with van der Waals surface area (Å²) in [6.07, 6.45) is 4.19. The number of anilines is 1. The zero-order valence-electron chi connectivity index (χ0n) is 12.5. The molecule has 2 aromatic rings. The first-order chi connectivity index (χ1) is 10.6. The highest BCUT2D eigenvalue weighted by molar-refractivity contribution is 5.74. The standard InChI is InChI=1S/C15H19N5O2/c1-10-18-15(22-19-10)12-5-2-6-17-14(12)20-7-3-4-11(9-20)8-13(16)21/h2,5-6,11H,3-4,7-9H2,1H3,(H2,16,21).